The predicted molar refractivity (Wildman–Crippen MR) is 109 cm³/mol. The molecule has 0 aliphatic rings. The van der Waals surface area contributed by atoms with Gasteiger partial charge in [0.2, 0.25) is 17.7 Å². The molecule has 0 saturated carbocycles. The van der Waals surface area contributed by atoms with Crippen LogP contribution in [0.1, 0.15) is 26.3 Å². The van der Waals surface area contributed by atoms with E-state index in [0.717, 1.165) is 5.56 Å². The SMILES string of the molecule is CC(C)C(N)C(=O)NC(Cc1ccccc1)C(=O)NC(C(=O)NCC(=O)O)C(C)O. The van der Waals surface area contributed by atoms with Crippen molar-refractivity contribution in [2.75, 3.05) is 6.54 Å². The molecule has 0 aliphatic heterocycles. The van der Waals surface area contributed by atoms with Crippen LogP contribution in [0.5, 0.6) is 0 Å². The molecule has 0 fully saturated rings. The summed E-state index contributed by atoms with van der Waals surface area (Å²) in [6.07, 6.45) is -1.17. The van der Waals surface area contributed by atoms with E-state index in [1.54, 1.807) is 38.1 Å². The van der Waals surface area contributed by atoms with E-state index in [1.807, 2.05) is 6.07 Å². The van der Waals surface area contributed by atoms with Crippen LogP contribution in [0.3, 0.4) is 0 Å². The van der Waals surface area contributed by atoms with Crippen molar-refractivity contribution in [2.45, 2.75) is 51.4 Å². The van der Waals surface area contributed by atoms with Gasteiger partial charge in [0.05, 0.1) is 12.1 Å². The van der Waals surface area contributed by atoms with E-state index in [4.69, 9.17) is 10.8 Å². The third-order valence-electron chi connectivity index (χ3n) is 4.41. The molecule has 1 aromatic rings. The number of nitrogens with two attached hydrogens (primary N) is 1. The third kappa shape index (κ3) is 8.18. The highest BCUT2D eigenvalue weighted by molar-refractivity contribution is 5.94. The number of aliphatic carboxylic acids is 1. The molecular weight excluding hydrogens is 392 g/mol. The Morgan fingerprint density at radius 1 is 0.967 bits per heavy atom. The van der Waals surface area contributed by atoms with Crippen molar-refractivity contribution in [3.63, 3.8) is 0 Å². The van der Waals surface area contributed by atoms with Gasteiger partial charge in [-0.15, -0.1) is 0 Å². The van der Waals surface area contributed by atoms with Gasteiger partial charge in [-0.1, -0.05) is 44.2 Å². The van der Waals surface area contributed by atoms with E-state index < -0.39 is 54.5 Å². The zero-order valence-corrected chi connectivity index (χ0v) is 17.3. The fraction of sp³-hybridized carbons (Fsp3) is 0.500. The van der Waals surface area contributed by atoms with Crippen LogP contribution in [0, 0.1) is 5.92 Å². The van der Waals surface area contributed by atoms with Crippen LogP contribution in [0.4, 0.5) is 0 Å². The molecule has 1 aromatic carbocycles. The molecular formula is C20H30N4O6. The average molecular weight is 422 g/mol. The van der Waals surface area contributed by atoms with Crippen LogP contribution in [-0.4, -0.2) is 64.7 Å². The zero-order chi connectivity index (χ0) is 22.8. The lowest BCUT2D eigenvalue weighted by Gasteiger charge is -2.26. The number of carboxylic acid groups (broad SMARTS) is 1. The van der Waals surface area contributed by atoms with Gasteiger partial charge in [-0.3, -0.25) is 19.2 Å². The number of hydrogen-bond acceptors (Lipinski definition) is 6. The van der Waals surface area contributed by atoms with E-state index in [9.17, 15) is 24.3 Å². The lowest BCUT2D eigenvalue weighted by molar-refractivity contribution is -0.139. The molecule has 4 atom stereocenters. The first kappa shape index (κ1) is 25.1. The molecule has 0 radical (unpaired) electrons. The van der Waals surface area contributed by atoms with E-state index in [0.29, 0.717) is 0 Å². The maximum Gasteiger partial charge on any atom is 0.322 e. The van der Waals surface area contributed by atoms with Crippen LogP contribution in [0.15, 0.2) is 30.3 Å². The van der Waals surface area contributed by atoms with Crippen molar-refractivity contribution < 1.29 is 29.4 Å². The summed E-state index contributed by atoms with van der Waals surface area (Å²) >= 11 is 0. The summed E-state index contributed by atoms with van der Waals surface area (Å²) < 4.78 is 0. The highest BCUT2D eigenvalue weighted by Crippen LogP contribution is 2.06. The van der Waals surface area contributed by atoms with Crippen molar-refractivity contribution in [3.8, 4) is 0 Å². The number of amides is 3. The Hall–Kier alpha value is -2.98. The van der Waals surface area contributed by atoms with Gasteiger partial charge in [0, 0.05) is 6.42 Å². The standard InChI is InChI=1S/C20H30N4O6/c1-11(2)16(21)19(29)23-14(9-13-7-5-4-6-8-13)18(28)24-17(12(3)25)20(30)22-10-15(26)27/h4-8,11-12,14,16-17,25H,9-10,21H2,1-3H3,(H,22,30)(H,23,29)(H,24,28)(H,26,27). The Bertz CT molecular complexity index is 738. The van der Waals surface area contributed by atoms with Crippen LogP contribution in [-0.2, 0) is 25.6 Å². The molecule has 1 rings (SSSR count). The number of aliphatic hydroxyl groups excluding tert-OH is 1. The first-order valence-electron chi connectivity index (χ1n) is 9.60. The van der Waals surface area contributed by atoms with Gasteiger partial charge in [0.25, 0.3) is 0 Å². The number of carboxylic acids is 1. The first-order chi connectivity index (χ1) is 14.0. The van der Waals surface area contributed by atoms with Gasteiger partial charge < -0.3 is 31.9 Å². The van der Waals surface area contributed by atoms with E-state index >= 15 is 0 Å². The quantitative estimate of drug-likeness (QED) is 0.259. The fourth-order valence-corrected chi connectivity index (χ4v) is 2.56. The number of rotatable bonds is 11. The summed E-state index contributed by atoms with van der Waals surface area (Å²) in [5, 5.41) is 25.7. The molecule has 0 aromatic heterocycles. The highest BCUT2D eigenvalue weighted by Gasteiger charge is 2.31. The Labute approximate surface area is 175 Å². The number of carbonyl (C=O) groups excluding carboxylic acids is 3. The number of aliphatic hydroxyl groups is 1. The monoisotopic (exact) mass is 422 g/mol. The first-order valence-corrected chi connectivity index (χ1v) is 9.60. The zero-order valence-electron chi connectivity index (χ0n) is 17.3. The molecule has 3 amide bonds. The number of carbonyl (C=O) groups is 4. The second kappa shape index (κ2) is 11.9. The van der Waals surface area contributed by atoms with Crippen molar-refractivity contribution in [1.29, 1.82) is 0 Å². The van der Waals surface area contributed by atoms with Gasteiger partial charge in [-0.05, 0) is 18.4 Å². The molecule has 10 heteroatoms. The molecule has 7 N–H and O–H groups in total. The minimum Gasteiger partial charge on any atom is -0.480 e. The summed E-state index contributed by atoms with van der Waals surface area (Å²) in [4.78, 5) is 48.1. The minimum absolute atomic E-state index is 0.131. The maximum atomic E-state index is 12.9. The van der Waals surface area contributed by atoms with Crippen molar-refractivity contribution in [1.82, 2.24) is 16.0 Å². The average Bonchev–Trinajstić information content (AvgIpc) is 2.69. The molecule has 10 nitrogen and oxygen atoms in total. The summed E-state index contributed by atoms with van der Waals surface area (Å²) in [7, 11) is 0. The van der Waals surface area contributed by atoms with Crippen LogP contribution in [0.25, 0.3) is 0 Å². The number of nitrogens with one attached hydrogen (secondary N) is 3. The highest BCUT2D eigenvalue weighted by atomic mass is 16.4. The maximum absolute atomic E-state index is 12.9. The lowest BCUT2D eigenvalue weighted by Crippen LogP contribution is -2.59. The summed E-state index contributed by atoms with van der Waals surface area (Å²) in [6.45, 7) is 4.16. The third-order valence-corrected chi connectivity index (χ3v) is 4.41. The lowest BCUT2D eigenvalue weighted by atomic mass is 10.0. The summed E-state index contributed by atoms with van der Waals surface area (Å²) in [6, 6.07) is 5.64. The molecule has 0 bridgehead atoms. The molecule has 0 saturated heterocycles. The fourth-order valence-electron chi connectivity index (χ4n) is 2.56. The molecule has 30 heavy (non-hydrogen) atoms. The summed E-state index contributed by atoms with van der Waals surface area (Å²) in [5.41, 5.74) is 6.63. The minimum atomic E-state index is -1.40. The molecule has 4 unspecified atom stereocenters. The van der Waals surface area contributed by atoms with Crippen molar-refractivity contribution in [2.24, 2.45) is 11.7 Å². The largest absolute Gasteiger partial charge is 0.480 e. The molecule has 0 heterocycles. The Kier molecular flexibility index (Phi) is 9.93. The summed E-state index contributed by atoms with van der Waals surface area (Å²) in [5.74, 6) is -3.51. The number of benzene rings is 1. The smallest absolute Gasteiger partial charge is 0.322 e. The van der Waals surface area contributed by atoms with Gasteiger partial charge in [0.1, 0.15) is 18.6 Å². The second-order valence-corrected chi connectivity index (χ2v) is 7.36. The van der Waals surface area contributed by atoms with Gasteiger partial charge in [-0.2, -0.15) is 0 Å². The molecule has 0 spiro atoms. The van der Waals surface area contributed by atoms with E-state index in [2.05, 4.69) is 16.0 Å². The predicted octanol–water partition coefficient (Wildman–Crippen LogP) is -1.24. The molecule has 0 aliphatic carbocycles. The van der Waals surface area contributed by atoms with Gasteiger partial charge >= 0.3 is 5.97 Å². The second-order valence-electron chi connectivity index (χ2n) is 7.36. The van der Waals surface area contributed by atoms with Crippen LogP contribution < -0.4 is 21.7 Å². The topological polar surface area (TPSA) is 171 Å². The normalized spacial score (nSPS) is 14.9. The van der Waals surface area contributed by atoms with Crippen LogP contribution in [0.2, 0.25) is 0 Å². The van der Waals surface area contributed by atoms with Crippen LogP contribution >= 0.6 is 0 Å². The van der Waals surface area contributed by atoms with Gasteiger partial charge in [-0.25, -0.2) is 0 Å². The Morgan fingerprint density at radius 3 is 2.07 bits per heavy atom. The van der Waals surface area contributed by atoms with Crippen molar-refractivity contribution in [3.05, 3.63) is 35.9 Å². The van der Waals surface area contributed by atoms with E-state index in [-0.39, 0.29) is 12.3 Å². The van der Waals surface area contributed by atoms with E-state index in [1.165, 1.54) is 6.92 Å². The van der Waals surface area contributed by atoms with Crippen molar-refractivity contribution >= 4 is 23.7 Å². The number of hydrogen-bond donors (Lipinski definition) is 6. The van der Waals surface area contributed by atoms with Gasteiger partial charge in [0.15, 0.2) is 0 Å². The Morgan fingerprint density at radius 2 is 1.57 bits per heavy atom. The molecule has 166 valence electrons. The Balaban J connectivity index is 2.99.